The van der Waals surface area contributed by atoms with Gasteiger partial charge >= 0.3 is 0 Å². The zero-order valence-corrected chi connectivity index (χ0v) is 13.0. The molecule has 2 aromatic rings. The second-order valence-electron chi connectivity index (χ2n) is 6.59. The van der Waals surface area contributed by atoms with Crippen LogP contribution < -0.4 is 4.90 Å². The fourth-order valence-corrected chi connectivity index (χ4v) is 3.69. The van der Waals surface area contributed by atoms with E-state index in [0.29, 0.717) is 31.7 Å². The van der Waals surface area contributed by atoms with Crippen molar-refractivity contribution >= 4 is 17.5 Å². The van der Waals surface area contributed by atoms with E-state index in [1.54, 1.807) is 28.0 Å². The summed E-state index contributed by atoms with van der Waals surface area (Å²) in [5.74, 6) is 0.131. The molecule has 2 aromatic heterocycles. The third kappa shape index (κ3) is 2.32. The van der Waals surface area contributed by atoms with Crippen molar-refractivity contribution in [2.45, 2.75) is 12.8 Å². The lowest BCUT2D eigenvalue weighted by molar-refractivity contribution is -0.117. The first-order valence-corrected chi connectivity index (χ1v) is 7.78. The van der Waals surface area contributed by atoms with Crippen molar-refractivity contribution in [2.24, 2.45) is 12.5 Å². The highest BCUT2D eigenvalue weighted by molar-refractivity contribution is 5.97. The molecule has 2 amide bonds. The number of nitrogens with one attached hydrogen (secondary N) is 1. The van der Waals surface area contributed by atoms with Gasteiger partial charge in [-0.2, -0.15) is 5.10 Å². The lowest BCUT2D eigenvalue weighted by Gasteiger charge is -2.23. The number of hydrogen-bond acceptors (Lipinski definition) is 3. The van der Waals surface area contributed by atoms with Crippen molar-refractivity contribution in [2.75, 3.05) is 24.5 Å². The summed E-state index contributed by atoms with van der Waals surface area (Å²) in [7, 11) is 1.84. The Balaban J connectivity index is 1.50. The van der Waals surface area contributed by atoms with Crippen LogP contribution >= 0.6 is 0 Å². The topological polar surface area (TPSA) is 74.2 Å². The molecule has 4 rings (SSSR count). The van der Waals surface area contributed by atoms with Gasteiger partial charge in [-0.1, -0.05) is 0 Å². The molecule has 1 atom stereocenters. The van der Waals surface area contributed by atoms with Gasteiger partial charge < -0.3 is 14.8 Å². The molecule has 2 saturated heterocycles. The highest BCUT2D eigenvalue weighted by Crippen LogP contribution is 2.42. The molecule has 4 heterocycles. The maximum Gasteiger partial charge on any atom is 0.270 e. The number of carbonyl (C=O) groups is 2. The van der Waals surface area contributed by atoms with Crippen molar-refractivity contribution in [1.82, 2.24) is 19.7 Å². The number of amides is 2. The van der Waals surface area contributed by atoms with Crippen molar-refractivity contribution in [3.8, 4) is 0 Å². The Morgan fingerprint density at radius 2 is 2.26 bits per heavy atom. The molecule has 1 spiro atoms. The molecule has 0 unspecified atom stereocenters. The summed E-state index contributed by atoms with van der Waals surface area (Å²) in [6, 6.07) is 3.61. The summed E-state index contributed by atoms with van der Waals surface area (Å²) in [6.45, 7) is 1.99. The van der Waals surface area contributed by atoms with Gasteiger partial charge in [0, 0.05) is 50.9 Å². The SMILES string of the molecule is Cn1cc(N2C[C@@]3(CCN(C(=O)c4ccc[nH]4)C3)CC2=O)cn1. The first kappa shape index (κ1) is 14.0. The van der Waals surface area contributed by atoms with Gasteiger partial charge in [-0.3, -0.25) is 14.3 Å². The van der Waals surface area contributed by atoms with Crippen LogP contribution in [0.15, 0.2) is 30.7 Å². The number of hydrogen-bond donors (Lipinski definition) is 1. The molecule has 1 N–H and O–H groups in total. The number of H-pyrrole nitrogens is 1. The van der Waals surface area contributed by atoms with E-state index in [4.69, 9.17) is 0 Å². The minimum Gasteiger partial charge on any atom is -0.357 e. The number of anilines is 1. The van der Waals surface area contributed by atoms with Crippen LogP contribution in [0.2, 0.25) is 0 Å². The monoisotopic (exact) mass is 313 g/mol. The first-order valence-electron chi connectivity index (χ1n) is 7.78. The van der Waals surface area contributed by atoms with Crippen LogP contribution in [0.5, 0.6) is 0 Å². The first-order chi connectivity index (χ1) is 11.1. The second kappa shape index (κ2) is 4.97. The molecule has 0 aromatic carbocycles. The van der Waals surface area contributed by atoms with E-state index >= 15 is 0 Å². The molecule has 0 radical (unpaired) electrons. The maximum absolute atomic E-state index is 12.5. The van der Waals surface area contributed by atoms with E-state index in [9.17, 15) is 9.59 Å². The second-order valence-corrected chi connectivity index (χ2v) is 6.59. The van der Waals surface area contributed by atoms with E-state index in [1.807, 2.05) is 24.2 Å². The summed E-state index contributed by atoms with van der Waals surface area (Å²) in [6.07, 6.45) is 6.68. The Kier molecular flexibility index (Phi) is 3.04. The molecule has 2 aliphatic rings. The van der Waals surface area contributed by atoms with Crippen LogP contribution in [-0.2, 0) is 11.8 Å². The quantitative estimate of drug-likeness (QED) is 0.899. The van der Waals surface area contributed by atoms with Crippen LogP contribution in [0.4, 0.5) is 5.69 Å². The van der Waals surface area contributed by atoms with E-state index in [1.165, 1.54) is 0 Å². The summed E-state index contributed by atoms with van der Waals surface area (Å²) in [5.41, 5.74) is 1.31. The minimum absolute atomic E-state index is 0.0131. The third-order valence-corrected chi connectivity index (χ3v) is 4.88. The standard InChI is InChI=1S/C16H19N5O2/c1-19-9-12(8-18-19)21-11-16(7-14(21)22)4-6-20(10-16)15(23)13-3-2-5-17-13/h2-3,5,8-9,17H,4,6-7,10-11H2,1H3/t16-/m0/s1. The average Bonchev–Trinajstić information content (AvgIpc) is 3.28. The summed E-state index contributed by atoms with van der Waals surface area (Å²) in [4.78, 5) is 31.5. The Morgan fingerprint density at radius 1 is 1.39 bits per heavy atom. The van der Waals surface area contributed by atoms with Gasteiger partial charge in [-0.15, -0.1) is 0 Å². The maximum atomic E-state index is 12.5. The predicted octanol–water partition coefficient (Wildman–Crippen LogP) is 1.02. The lowest BCUT2D eigenvalue weighted by atomic mass is 9.86. The Bertz CT molecular complexity index is 750. The molecule has 2 aliphatic heterocycles. The van der Waals surface area contributed by atoms with Crippen LogP contribution in [0.3, 0.4) is 0 Å². The van der Waals surface area contributed by atoms with Crippen molar-refractivity contribution in [1.29, 1.82) is 0 Å². The molecule has 0 saturated carbocycles. The van der Waals surface area contributed by atoms with Crippen LogP contribution in [0.25, 0.3) is 0 Å². The van der Waals surface area contributed by atoms with Gasteiger partial charge in [-0.05, 0) is 18.6 Å². The Hall–Kier alpha value is -2.57. The molecular weight excluding hydrogens is 294 g/mol. The molecule has 2 fully saturated rings. The highest BCUT2D eigenvalue weighted by Gasteiger charge is 2.49. The van der Waals surface area contributed by atoms with Crippen LogP contribution in [0.1, 0.15) is 23.3 Å². The van der Waals surface area contributed by atoms with Crippen LogP contribution in [0, 0.1) is 5.41 Å². The fraction of sp³-hybridized carbons (Fsp3) is 0.438. The largest absolute Gasteiger partial charge is 0.357 e. The van der Waals surface area contributed by atoms with Crippen molar-refractivity contribution in [3.63, 3.8) is 0 Å². The molecule has 7 nitrogen and oxygen atoms in total. The normalized spacial score (nSPS) is 24.1. The number of rotatable bonds is 2. The van der Waals surface area contributed by atoms with E-state index < -0.39 is 0 Å². The van der Waals surface area contributed by atoms with E-state index in [0.717, 1.165) is 12.1 Å². The highest BCUT2D eigenvalue weighted by atomic mass is 16.2. The lowest BCUT2D eigenvalue weighted by Crippen LogP contribution is -2.34. The third-order valence-electron chi connectivity index (χ3n) is 4.88. The molecule has 0 aliphatic carbocycles. The number of likely N-dealkylation sites (tertiary alicyclic amines) is 1. The summed E-state index contributed by atoms with van der Waals surface area (Å²) < 4.78 is 1.70. The number of aryl methyl sites for hydroxylation is 1. The van der Waals surface area contributed by atoms with Gasteiger partial charge in [-0.25, -0.2) is 0 Å². The molecule has 0 bridgehead atoms. The van der Waals surface area contributed by atoms with Gasteiger partial charge in [0.2, 0.25) is 5.91 Å². The smallest absolute Gasteiger partial charge is 0.270 e. The van der Waals surface area contributed by atoms with E-state index in [-0.39, 0.29) is 17.2 Å². The average molecular weight is 313 g/mol. The number of aromatic nitrogens is 3. The zero-order valence-electron chi connectivity index (χ0n) is 13.0. The number of carbonyl (C=O) groups excluding carboxylic acids is 2. The van der Waals surface area contributed by atoms with Gasteiger partial charge in [0.1, 0.15) is 5.69 Å². The summed E-state index contributed by atoms with van der Waals surface area (Å²) in [5, 5.41) is 4.14. The predicted molar refractivity (Wildman–Crippen MR) is 83.9 cm³/mol. The molecule has 120 valence electrons. The molecular formula is C16H19N5O2. The number of aromatic amines is 1. The van der Waals surface area contributed by atoms with Crippen molar-refractivity contribution < 1.29 is 9.59 Å². The molecule has 23 heavy (non-hydrogen) atoms. The summed E-state index contributed by atoms with van der Waals surface area (Å²) >= 11 is 0. The Morgan fingerprint density at radius 3 is 2.96 bits per heavy atom. The van der Waals surface area contributed by atoms with Crippen molar-refractivity contribution in [3.05, 3.63) is 36.4 Å². The number of nitrogens with zero attached hydrogens (tertiary/aromatic N) is 4. The molecule has 7 heteroatoms. The Labute approximate surface area is 133 Å². The van der Waals surface area contributed by atoms with Crippen LogP contribution in [-0.4, -0.2) is 51.1 Å². The van der Waals surface area contributed by atoms with Gasteiger partial charge in [0.15, 0.2) is 0 Å². The minimum atomic E-state index is -0.130. The zero-order chi connectivity index (χ0) is 16.0. The van der Waals surface area contributed by atoms with Gasteiger partial charge in [0.25, 0.3) is 5.91 Å². The fourth-order valence-electron chi connectivity index (χ4n) is 3.69. The van der Waals surface area contributed by atoms with Gasteiger partial charge in [0.05, 0.1) is 11.9 Å². The van der Waals surface area contributed by atoms with E-state index in [2.05, 4.69) is 10.1 Å².